The number of hydrogen-bond acceptors (Lipinski definition) is 23. The monoisotopic (exact) mass is 750 g/mol. The molecule has 20 atom stereocenters. The fourth-order valence-corrected chi connectivity index (χ4v) is 5.64. The molecule has 0 aliphatic carbocycles. The van der Waals surface area contributed by atoms with Crippen LogP contribution in [0.25, 0.3) is 0 Å². The van der Waals surface area contributed by atoms with Crippen molar-refractivity contribution in [2.45, 2.75) is 123 Å². The van der Waals surface area contributed by atoms with Crippen LogP contribution in [-0.2, 0) is 61.8 Å². The number of methoxy groups -OCH3 is 2. The highest BCUT2D eigenvalue weighted by molar-refractivity contribution is 5.76. The van der Waals surface area contributed by atoms with Gasteiger partial charge in [-0.15, -0.1) is 0 Å². The molecule has 12 N–H and O–H groups in total. The fourth-order valence-electron chi connectivity index (χ4n) is 5.64. The SMILES string of the molecule is COC(=O)C1OC(OC2C(O)C(O)[C@@H](O)O[C@H]2C(=O)O)C(O)C(O)C1O[C@H]1O[C@@H](C(=O)OC)C(OC2OC(C(=O)O)C(O)C(O)C2O)C(O)C1O. The lowest BCUT2D eigenvalue weighted by atomic mass is 9.95. The Hall–Kier alpha value is -2.80. The smallest absolute Gasteiger partial charge is 0.337 e. The van der Waals surface area contributed by atoms with E-state index in [-0.39, 0.29) is 0 Å². The number of hydrogen-bond donors (Lipinski definition) is 12. The van der Waals surface area contributed by atoms with Crippen LogP contribution in [0.15, 0.2) is 0 Å². The number of rotatable bonds is 10. The number of aliphatic hydroxyl groups excluding tert-OH is 10. The van der Waals surface area contributed by atoms with Crippen LogP contribution in [-0.4, -0.2) is 222 Å². The quantitative estimate of drug-likeness (QED) is 0.0922. The van der Waals surface area contributed by atoms with Crippen molar-refractivity contribution in [2.75, 3.05) is 14.2 Å². The van der Waals surface area contributed by atoms with Gasteiger partial charge in [-0.2, -0.15) is 0 Å². The molecule has 0 aromatic carbocycles. The van der Waals surface area contributed by atoms with Crippen LogP contribution in [0.4, 0.5) is 0 Å². The van der Waals surface area contributed by atoms with E-state index in [1.807, 2.05) is 0 Å². The Kier molecular flexibility index (Phi) is 13.2. The Labute approximate surface area is 284 Å². The Balaban J connectivity index is 1.56. The predicted molar refractivity (Wildman–Crippen MR) is 145 cm³/mol. The zero-order valence-electron chi connectivity index (χ0n) is 26.2. The van der Waals surface area contributed by atoms with Crippen molar-refractivity contribution < 1.29 is 123 Å². The van der Waals surface area contributed by atoms with Crippen molar-refractivity contribution in [3.63, 3.8) is 0 Å². The van der Waals surface area contributed by atoms with Gasteiger partial charge in [-0.25, -0.2) is 19.2 Å². The lowest BCUT2D eigenvalue weighted by Gasteiger charge is -2.48. The molecule has 4 fully saturated rings. The van der Waals surface area contributed by atoms with Crippen molar-refractivity contribution in [1.29, 1.82) is 0 Å². The van der Waals surface area contributed by atoms with E-state index >= 15 is 0 Å². The van der Waals surface area contributed by atoms with E-state index in [0.717, 1.165) is 14.2 Å². The summed E-state index contributed by atoms with van der Waals surface area (Å²) < 4.78 is 45.9. The summed E-state index contributed by atoms with van der Waals surface area (Å²) in [6.45, 7) is 0. The van der Waals surface area contributed by atoms with Crippen LogP contribution in [0.1, 0.15) is 0 Å². The summed E-state index contributed by atoms with van der Waals surface area (Å²) in [5.74, 6) is -6.33. The normalized spacial score (nSPS) is 47.6. The Morgan fingerprint density at radius 2 is 0.745 bits per heavy atom. The Morgan fingerprint density at radius 1 is 0.412 bits per heavy atom. The van der Waals surface area contributed by atoms with Gasteiger partial charge in [0, 0.05) is 0 Å². The maximum atomic E-state index is 12.8. The number of carbonyl (C=O) groups excluding carboxylic acids is 2. The number of carbonyl (C=O) groups is 4. The summed E-state index contributed by atoms with van der Waals surface area (Å²) in [6, 6.07) is 0. The van der Waals surface area contributed by atoms with Crippen LogP contribution in [0.5, 0.6) is 0 Å². The predicted octanol–water partition coefficient (Wildman–Crippen LogP) is -9.20. The summed E-state index contributed by atoms with van der Waals surface area (Å²) >= 11 is 0. The first-order chi connectivity index (χ1) is 23.9. The molecule has 25 heteroatoms. The van der Waals surface area contributed by atoms with Crippen molar-refractivity contribution in [3.05, 3.63) is 0 Å². The molecule has 0 spiro atoms. The minimum Gasteiger partial charge on any atom is -0.479 e. The van der Waals surface area contributed by atoms with Gasteiger partial charge in [0.05, 0.1) is 14.2 Å². The molecule has 25 nitrogen and oxygen atoms in total. The molecule has 4 heterocycles. The summed E-state index contributed by atoms with van der Waals surface area (Å²) in [5.41, 5.74) is 0. The molecule has 0 amide bonds. The van der Waals surface area contributed by atoms with Gasteiger partial charge in [0.15, 0.2) is 49.6 Å². The Morgan fingerprint density at radius 3 is 1.12 bits per heavy atom. The highest BCUT2D eigenvalue weighted by atomic mass is 16.8. The van der Waals surface area contributed by atoms with Gasteiger partial charge in [-0.05, 0) is 0 Å². The van der Waals surface area contributed by atoms with Gasteiger partial charge in [0.2, 0.25) is 0 Å². The van der Waals surface area contributed by atoms with Gasteiger partial charge in [-0.1, -0.05) is 0 Å². The second-order valence-corrected chi connectivity index (χ2v) is 11.7. The van der Waals surface area contributed by atoms with E-state index in [4.69, 9.17) is 33.2 Å². The average molecular weight is 751 g/mol. The van der Waals surface area contributed by atoms with Crippen LogP contribution in [0.3, 0.4) is 0 Å². The molecule has 51 heavy (non-hydrogen) atoms. The van der Waals surface area contributed by atoms with Crippen molar-refractivity contribution in [2.24, 2.45) is 0 Å². The van der Waals surface area contributed by atoms with Gasteiger partial charge in [0.25, 0.3) is 0 Å². The number of aliphatic carboxylic acids is 2. The molecule has 0 radical (unpaired) electrons. The number of carboxylic acids is 2. The van der Waals surface area contributed by atoms with Crippen molar-refractivity contribution >= 4 is 23.9 Å². The zero-order valence-corrected chi connectivity index (χ0v) is 26.2. The standard InChI is InChI=1S/C26H38O25/c1-43-22(41)17-13(47-24-9(33)3(27)4(28)15(49-24)19(36)37)7(31)11(35)26(51-17)48-14-6(30)10(34)25(50-18(14)23(42)44-2)46-12-5(29)8(32)21(40)45-16(12)20(38)39/h3-18,21,24-35,40H,1-2H3,(H,36,37)(H,38,39)/t3?,4?,5?,6?,7?,8?,9?,10?,11?,12?,13?,14?,15?,16-,17-,18?,21+,24?,25?,26+/m1/s1. The average Bonchev–Trinajstić information content (AvgIpc) is 3.09. The molecule has 0 saturated carbocycles. The molecule has 0 bridgehead atoms. The molecule has 0 aromatic rings. The van der Waals surface area contributed by atoms with E-state index in [1.54, 1.807) is 0 Å². The highest BCUT2D eigenvalue weighted by Gasteiger charge is 2.58. The minimum atomic E-state index is -2.32. The lowest BCUT2D eigenvalue weighted by Crippen LogP contribution is -2.68. The first-order valence-corrected chi connectivity index (χ1v) is 14.9. The molecule has 4 aliphatic rings. The highest BCUT2D eigenvalue weighted by Crippen LogP contribution is 2.35. The van der Waals surface area contributed by atoms with Crippen LogP contribution in [0, 0.1) is 0 Å². The topological polar surface area (TPSA) is 394 Å². The molecule has 292 valence electrons. The van der Waals surface area contributed by atoms with Crippen molar-refractivity contribution in [1.82, 2.24) is 0 Å². The van der Waals surface area contributed by atoms with Crippen LogP contribution >= 0.6 is 0 Å². The zero-order chi connectivity index (χ0) is 38.2. The third-order valence-corrected chi connectivity index (χ3v) is 8.45. The number of aliphatic hydroxyl groups is 10. The lowest BCUT2D eigenvalue weighted by molar-refractivity contribution is -0.378. The third kappa shape index (κ3) is 8.09. The molecule has 4 aliphatic heterocycles. The first-order valence-electron chi connectivity index (χ1n) is 14.9. The third-order valence-electron chi connectivity index (χ3n) is 8.45. The molecule has 0 aromatic heterocycles. The molecule has 16 unspecified atom stereocenters. The van der Waals surface area contributed by atoms with Gasteiger partial charge < -0.3 is 104 Å². The molecule has 4 saturated heterocycles. The van der Waals surface area contributed by atoms with Gasteiger partial charge >= 0.3 is 23.9 Å². The van der Waals surface area contributed by atoms with E-state index in [9.17, 15) is 80.5 Å². The van der Waals surface area contributed by atoms with E-state index in [2.05, 4.69) is 9.47 Å². The second-order valence-electron chi connectivity index (χ2n) is 11.7. The van der Waals surface area contributed by atoms with Crippen LogP contribution < -0.4 is 0 Å². The first kappa shape index (κ1) is 41.0. The number of esters is 2. The maximum Gasteiger partial charge on any atom is 0.337 e. The van der Waals surface area contributed by atoms with Gasteiger partial charge in [-0.3, -0.25) is 0 Å². The second kappa shape index (κ2) is 16.5. The summed E-state index contributed by atoms with van der Waals surface area (Å²) in [4.78, 5) is 48.6. The fraction of sp³-hybridized carbons (Fsp3) is 0.846. The summed E-state index contributed by atoms with van der Waals surface area (Å²) in [7, 11) is 1.68. The van der Waals surface area contributed by atoms with Crippen LogP contribution in [0.2, 0.25) is 0 Å². The van der Waals surface area contributed by atoms with Gasteiger partial charge in [0.1, 0.15) is 73.2 Å². The van der Waals surface area contributed by atoms with E-state index in [1.165, 1.54) is 0 Å². The molecular weight excluding hydrogens is 712 g/mol. The van der Waals surface area contributed by atoms with Crippen molar-refractivity contribution in [3.8, 4) is 0 Å². The van der Waals surface area contributed by atoms with E-state index in [0.29, 0.717) is 0 Å². The summed E-state index contributed by atoms with van der Waals surface area (Å²) in [6.07, 6.45) is -43.9. The largest absolute Gasteiger partial charge is 0.479 e. The molecular formula is C26H38O25. The Bertz CT molecular complexity index is 1250. The van der Waals surface area contributed by atoms with E-state index < -0.39 is 147 Å². The number of ether oxygens (including phenoxy) is 9. The molecule has 4 rings (SSSR count). The maximum absolute atomic E-state index is 12.8. The minimum absolute atomic E-state index is 0.838. The number of carboxylic acid groups (broad SMARTS) is 2. The summed E-state index contributed by atoms with van der Waals surface area (Å²) in [5, 5.41) is 123.